The summed E-state index contributed by atoms with van der Waals surface area (Å²) in [4.78, 5) is 0. The maximum absolute atomic E-state index is 2.39. The van der Waals surface area contributed by atoms with Crippen LogP contribution in [0.25, 0.3) is 60.9 Å². The van der Waals surface area contributed by atoms with E-state index >= 15 is 0 Å². The second-order valence-corrected chi connectivity index (χ2v) is 9.41. The molecule has 1 nitrogen and oxygen atoms in total. The van der Waals surface area contributed by atoms with Gasteiger partial charge < -0.3 is 4.57 Å². The molecule has 0 N–H and O–H groups in total. The first-order chi connectivity index (χ1) is 18.4. The number of para-hydroxylation sites is 1. The van der Waals surface area contributed by atoms with Crippen LogP contribution in [0.3, 0.4) is 0 Å². The standard InChI is InChI=1S/C36H25N/c1-3-11-26(12-4-1)29-15-9-16-30(25-29)27-21-23-31(24-22-27)37-34-19-8-7-17-33(34)36-32(18-10-20-35(36)37)28-13-5-2-6-14-28/h1-25H. The third kappa shape index (κ3) is 3.73. The Kier molecular flexibility index (Phi) is 5.19. The first-order valence-corrected chi connectivity index (χ1v) is 12.7. The minimum absolute atomic E-state index is 1.17. The molecule has 0 radical (unpaired) electrons. The third-order valence-corrected chi connectivity index (χ3v) is 7.21. The van der Waals surface area contributed by atoms with Crippen LogP contribution in [0.15, 0.2) is 152 Å². The smallest absolute Gasteiger partial charge is 0.0547 e. The Bertz CT molecular complexity index is 1840. The molecule has 0 bridgehead atoms. The zero-order valence-electron chi connectivity index (χ0n) is 20.4. The van der Waals surface area contributed by atoms with Gasteiger partial charge >= 0.3 is 0 Å². The van der Waals surface area contributed by atoms with Crippen molar-refractivity contribution in [2.75, 3.05) is 0 Å². The van der Waals surface area contributed by atoms with Crippen molar-refractivity contribution in [2.24, 2.45) is 0 Å². The highest BCUT2D eigenvalue weighted by Gasteiger charge is 2.15. The van der Waals surface area contributed by atoms with Gasteiger partial charge in [-0.15, -0.1) is 0 Å². The van der Waals surface area contributed by atoms with Crippen LogP contribution in [0.4, 0.5) is 0 Å². The number of rotatable bonds is 4. The average molecular weight is 472 g/mol. The van der Waals surface area contributed by atoms with Crippen molar-refractivity contribution in [1.29, 1.82) is 0 Å². The molecule has 7 rings (SSSR count). The lowest BCUT2D eigenvalue weighted by atomic mass is 9.99. The van der Waals surface area contributed by atoms with Crippen LogP contribution in [0.5, 0.6) is 0 Å². The lowest BCUT2D eigenvalue weighted by molar-refractivity contribution is 1.18. The van der Waals surface area contributed by atoms with E-state index in [-0.39, 0.29) is 0 Å². The van der Waals surface area contributed by atoms with Crippen molar-refractivity contribution in [3.63, 3.8) is 0 Å². The predicted molar refractivity (Wildman–Crippen MR) is 157 cm³/mol. The largest absolute Gasteiger partial charge is 0.309 e. The Hall–Kier alpha value is -4.88. The maximum Gasteiger partial charge on any atom is 0.0547 e. The zero-order chi connectivity index (χ0) is 24.6. The SMILES string of the molecule is c1ccc(-c2cccc(-c3ccc(-n4c5ccccc5c5c(-c6ccccc6)cccc54)cc3)c2)cc1. The molecule has 6 aromatic carbocycles. The van der Waals surface area contributed by atoms with Gasteiger partial charge in [-0.1, -0.05) is 121 Å². The predicted octanol–water partition coefficient (Wildman–Crippen LogP) is 9.78. The molecule has 37 heavy (non-hydrogen) atoms. The van der Waals surface area contributed by atoms with E-state index in [0.29, 0.717) is 0 Å². The van der Waals surface area contributed by atoms with Gasteiger partial charge in [0.15, 0.2) is 0 Å². The summed E-state index contributed by atoms with van der Waals surface area (Å²) in [6.45, 7) is 0. The molecule has 0 saturated heterocycles. The van der Waals surface area contributed by atoms with Crippen LogP contribution >= 0.6 is 0 Å². The number of nitrogens with zero attached hydrogens (tertiary/aromatic N) is 1. The van der Waals surface area contributed by atoms with Gasteiger partial charge in [0.25, 0.3) is 0 Å². The van der Waals surface area contributed by atoms with Crippen molar-refractivity contribution in [3.05, 3.63) is 152 Å². The van der Waals surface area contributed by atoms with E-state index in [1.165, 1.54) is 60.9 Å². The van der Waals surface area contributed by atoms with E-state index in [1.54, 1.807) is 0 Å². The number of benzene rings is 6. The fraction of sp³-hybridized carbons (Fsp3) is 0. The average Bonchev–Trinajstić information content (AvgIpc) is 3.33. The van der Waals surface area contributed by atoms with E-state index in [9.17, 15) is 0 Å². The van der Waals surface area contributed by atoms with Gasteiger partial charge in [0.2, 0.25) is 0 Å². The molecule has 0 atom stereocenters. The molecule has 1 heteroatoms. The van der Waals surface area contributed by atoms with Gasteiger partial charge in [0.1, 0.15) is 0 Å². The van der Waals surface area contributed by atoms with Gasteiger partial charge in [0.05, 0.1) is 11.0 Å². The summed E-state index contributed by atoms with van der Waals surface area (Å²) in [6.07, 6.45) is 0. The van der Waals surface area contributed by atoms with E-state index in [4.69, 9.17) is 0 Å². The van der Waals surface area contributed by atoms with Crippen LogP contribution in [0.2, 0.25) is 0 Å². The van der Waals surface area contributed by atoms with Crippen LogP contribution < -0.4 is 0 Å². The lowest BCUT2D eigenvalue weighted by Gasteiger charge is -2.11. The lowest BCUT2D eigenvalue weighted by Crippen LogP contribution is -1.93. The quantitative estimate of drug-likeness (QED) is 0.241. The molecule has 0 aliphatic heterocycles. The Morgan fingerprint density at radius 3 is 1.62 bits per heavy atom. The number of hydrogen-bond acceptors (Lipinski definition) is 0. The highest BCUT2D eigenvalue weighted by atomic mass is 15.0. The van der Waals surface area contributed by atoms with Crippen molar-refractivity contribution >= 4 is 21.8 Å². The molecule has 7 aromatic rings. The summed E-state index contributed by atoms with van der Waals surface area (Å²) in [7, 11) is 0. The second kappa shape index (κ2) is 8.96. The number of hydrogen-bond donors (Lipinski definition) is 0. The maximum atomic E-state index is 2.39. The summed E-state index contributed by atoms with van der Waals surface area (Å²) in [6, 6.07) is 54.3. The molecular weight excluding hydrogens is 446 g/mol. The highest BCUT2D eigenvalue weighted by Crippen LogP contribution is 2.38. The minimum Gasteiger partial charge on any atom is -0.309 e. The molecule has 174 valence electrons. The van der Waals surface area contributed by atoms with Gasteiger partial charge in [0, 0.05) is 16.5 Å². The summed E-state index contributed by atoms with van der Waals surface area (Å²) >= 11 is 0. The van der Waals surface area contributed by atoms with Crippen LogP contribution in [-0.2, 0) is 0 Å². The number of fused-ring (bicyclic) bond motifs is 3. The highest BCUT2D eigenvalue weighted by molar-refractivity contribution is 6.15. The molecule has 0 aliphatic rings. The monoisotopic (exact) mass is 471 g/mol. The first-order valence-electron chi connectivity index (χ1n) is 12.7. The normalized spacial score (nSPS) is 11.2. The molecule has 0 unspecified atom stereocenters. The molecule has 1 heterocycles. The molecule has 0 aliphatic carbocycles. The Morgan fingerprint density at radius 1 is 0.351 bits per heavy atom. The van der Waals surface area contributed by atoms with Crippen LogP contribution in [0.1, 0.15) is 0 Å². The summed E-state index contributed by atoms with van der Waals surface area (Å²) in [5.41, 5.74) is 11.0. The van der Waals surface area contributed by atoms with E-state index in [1.807, 2.05) is 0 Å². The van der Waals surface area contributed by atoms with Gasteiger partial charge in [-0.05, 0) is 63.7 Å². The van der Waals surface area contributed by atoms with Crippen LogP contribution in [-0.4, -0.2) is 4.57 Å². The summed E-state index contributed by atoms with van der Waals surface area (Å²) in [5.74, 6) is 0. The molecule has 1 aromatic heterocycles. The summed E-state index contributed by atoms with van der Waals surface area (Å²) < 4.78 is 2.39. The van der Waals surface area contributed by atoms with E-state index in [0.717, 1.165) is 0 Å². The van der Waals surface area contributed by atoms with E-state index in [2.05, 4.69) is 156 Å². The Morgan fingerprint density at radius 2 is 0.892 bits per heavy atom. The van der Waals surface area contributed by atoms with E-state index < -0.39 is 0 Å². The molecule has 0 saturated carbocycles. The fourth-order valence-corrected chi connectivity index (χ4v) is 5.47. The van der Waals surface area contributed by atoms with Gasteiger partial charge in [-0.3, -0.25) is 0 Å². The zero-order valence-corrected chi connectivity index (χ0v) is 20.4. The van der Waals surface area contributed by atoms with Crippen molar-refractivity contribution in [2.45, 2.75) is 0 Å². The molecule has 0 fully saturated rings. The van der Waals surface area contributed by atoms with Crippen molar-refractivity contribution in [3.8, 4) is 39.1 Å². The van der Waals surface area contributed by atoms with Crippen molar-refractivity contribution < 1.29 is 0 Å². The molecule has 0 amide bonds. The molecule has 0 spiro atoms. The van der Waals surface area contributed by atoms with Gasteiger partial charge in [-0.2, -0.15) is 0 Å². The summed E-state index contributed by atoms with van der Waals surface area (Å²) in [5, 5.41) is 2.57. The topological polar surface area (TPSA) is 4.93 Å². The third-order valence-electron chi connectivity index (χ3n) is 7.21. The van der Waals surface area contributed by atoms with Crippen LogP contribution in [0, 0.1) is 0 Å². The van der Waals surface area contributed by atoms with Gasteiger partial charge in [-0.25, -0.2) is 0 Å². The molecular formula is C36H25N. The fourth-order valence-electron chi connectivity index (χ4n) is 5.47. The van der Waals surface area contributed by atoms with Crippen molar-refractivity contribution in [1.82, 2.24) is 4.57 Å². The Labute approximate surface area is 216 Å². The second-order valence-electron chi connectivity index (χ2n) is 9.41. The number of aromatic nitrogens is 1. The Balaban J connectivity index is 1.36. The first kappa shape index (κ1) is 21.4. The minimum atomic E-state index is 1.17.